The number of nitrogens with zero attached hydrogens (tertiary/aromatic N) is 2. The number of aromatic nitrogens is 1. The summed E-state index contributed by atoms with van der Waals surface area (Å²) in [6, 6.07) is 5.40. The van der Waals surface area contributed by atoms with Crippen molar-refractivity contribution < 1.29 is 4.74 Å². The number of nitrogens with one attached hydrogen (secondary N) is 1. The van der Waals surface area contributed by atoms with Crippen molar-refractivity contribution in [3.8, 4) is 5.75 Å². The average Bonchev–Trinajstić information content (AvgIpc) is 3.05. The Morgan fingerprint density at radius 2 is 2.18 bits per heavy atom. The lowest BCUT2D eigenvalue weighted by Gasteiger charge is -2.29. The van der Waals surface area contributed by atoms with Crippen LogP contribution in [0.1, 0.15) is 19.3 Å². The third kappa shape index (κ3) is 2.22. The van der Waals surface area contributed by atoms with Crippen LogP contribution in [0.4, 0.5) is 5.82 Å². The Morgan fingerprint density at radius 3 is 2.71 bits per heavy atom. The van der Waals surface area contributed by atoms with Gasteiger partial charge >= 0.3 is 0 Å². The van der Waals surface area contributed by atoms with E-state index in [4.69, 9.17) is 4.74 Å². The highest BCUT2D eigenvalue weighted by Crippen LogP contribution is 2.34. The van der Waals surface area contributed by atoms with Crippen LogP contribution in [0, 0.1) is 0 Å². The lowest BCUT2D eigenvalue weighted by atomic mass is 10.2. The minimum atomic E-state index is 0.614. The van der Waals surface area contributed by atoms with E-state index in [9.17, 15) is 0 Å². The van der Waals surface area contributed by atoms with Gasteiger partial charge < -0.3 is 15.0 Å². The van der Waals surface area contributed by atoms with Gasteiger partial charge in [-0.1, -0.05) is 0 Å². The quantitative estimate of drug-likeness (QED) is 0.853. The summed E-state index contributed by atoms with van der Waals surface area (Å²) in [6.45, 7) is 2.22. The Kier molecular flexibility index (Phi) is 2.89. The van der Waals surface area contributed by atoms with Gasteiger partial charge in [0.05, 0.1) is 13.3 Å². The van der Waals surface area contributed by atoms with Gasteiger partial charge in [0, 0.05) is 18.6 Å². The van der Waals surface area contributed by atoms with Gasteiger partial charge in [0.25, 0.3) is 0 Å². The van der Waals surface area contributed by atoms with E-state index in [-0.39, 0.29) is 0 Å². The first-order chi connectivity index (χ1) is 8.38. The predicted molar refractivity (Wildman–Crippen MR) is 67.6 cm³/mol. The van der Waals surface area contributed by atoms with Crippen LogP contribution in [0.2, 0.25) is 0 Å². The second-order valence-electron chi connectivity index (χ2n) is 4.84. The van der Waals surface area contributed by atoms with Crippen molar-refractivity contribution in [1.29, 1.82) is 0 Å². The second-order valence-corrected chi connectivity index (χ2v) is 4.84. The summed E-state index contributed by atoms with van der Waals surface area (Å²) in [5, 5.41) is 3.43. The zero-order valence-electron chi connectivity index (χ0n) is 10.2. The van der Waals surface area contributed by atoms with E-state index >= 15 is 0 Å². The lowest BCUT2D eigenvalue weighted by Crippen LogP contribution is -2.39. The molecule has 4 nitrogen and oxygen atoms in total. The number of ether oxygens (including phenoxy) is 1. The molecular formula is C13H19N3O. The molecule has 2 aliphatic rings. The number of methoxy groups -OCH3 is 1. The van der Waals surface area contributed by atoms with Crippen LogP contribution in [0.15, 0.2) is 18.3 Å². The molecule has 17 heavy (non-hydrogen) atoms. The maximum absolute atomic E-state index is 5.16. The molecule has 1 unspecified atom stereocenters. The molecule has 2 heterocycles. The van der Waals surface area contributed by atoms with E-state index < -0.39 is 0 Å². The van der Waals surface area contributed by atoms with Gasteiger partial charge in [-0.15, -0.1) is 0 Å². The van der Waals surface area contributed by atoms with Crippen LogP contribution in [-0.2, 0) is 0 Å². The Balaban J connectivity index is 1.81. The Bertz CT molecular complexity index is 369. The highest BCUT2D eigenvalue weighted by Gasteiger charge is 2.35. The summed E-state index contributed by atoms with van der Waals surface area (Å²) < 4.78 is 5.16. The third-order valence-corrected chi connectivity index (χ3v) is 3.59. The fourth-order valence-corrected chi connectivity index (χ4v) is 2.55. The molecule has 2 fully saturated rings. The highest BCUT2D eigenvalue weighted by molar-refractivity contribution is 5.45. The third-order valence-electron chi connectivity index (χ3n) is 3.59. The van der Waals surface area contributed by atoms with Crippen molar-refractivity contribution in [1.82, 2.24) is 10.3 Å². The molecule has 1 saturated carbocycles. The van der Waals surface area contributed by atoms with Crippen LogP contribution >= 0.6 is 0 Å². The number of hydrogen-bond donors (Lipinski definition) is 1. The van der Waals surface area contributed by atoms with Gasteiger partial charge in [-0.3, -0.25) is 0 Å². The molecule has 1 aromatic heterocycles. The van der Waals surface area contributed by atoms with Crippen LogP contribution in [0.3, 0.4) is 0 Å². The van der Waals surface area contributed by atoms with E-state index in [1.165, 1.54) is 19.3 Å². The Hall–Kier alpha value is -1.29. The molecule has 1 aromatic rings. The van der Waals surface area contributed by atoms with Gasteiger partial charge in [-0.25, -0.2) is 4.98 Å². The molecule has 1 N–H and O–H groups in total. The molecule has 92 valence electrons. The maximum Gasteiger partial charge on any atom is 0.137 e. The van der Waals surface area contributed by atoms with Gasteiger partial charge in [0.2, 0.25) is 0 Å². The van der Waals surface area contributed by atoms with Gasteiger partial charge in [-0.05, 0) is 37.9 Å². The predicted octanol–water partition coefficient (Wildman–Crippen LogP) is 1.42. The number of hydrogen-bond acceptors (Lipinski definition) is 4. The minimum Gasteiger partial charge on any atom is -0.495 e. The topological polar surface area (TPSA) is 37.4 Å². The molecule has 0 spiro atoms. The average molecular weight is 233 g/mol. The standard InChI is InChI=1S/C13H19N3O/c1-17-12-4-5-13(15-9-12)16(10-2-3-10)11-6-7-14-8-11/h4-5,9-11,14H,2-3,6-8H2,1H3. The van der Waals surface area contributed by atoms with Gasteiger partial charge in [-0.2, -0.15) is 0 Å². The molecule has 0 amide bonds. The fourth-order valence-electron chi connectivity index (χ4n) is 2.55. The number of pyridine rings is 1. The molecule has 1 aliphatic heterocycles. The van der Waals surface area contributed by atoms with Crippen molar-refractivity contribution in [2.75, 3.05) is 25.1 Å². The molecule has 0 aromatic carbocycles. The normalized spacial score (nSPS) is 23.7. The van der Waals surface area contributed by atoms with E-state index in [2.05, 4.69) is 21.3 Å². The SMILES string of the molecule is COc1ccc(N(C2CC2)C2CCNC2)nc1. The zero-order valence-corrected chi connectivity index (χ0v) is 10.2. The molecule has 0 bridgehead atoms. The summed E-state index contributed by atoms with van der Waals surface area (Å²) in [7, 11) is 1.68. The molecule has 0 radical (unpaired) electrons. The van der Waals surface area contributed by atoms with Crippen LogP contribution in [0.25, 0.3) is 0 Å². The van der Waals surface area contributed by atoms with Gasteiger partial charge in [0.15, 0.2) is 0 Å². The second kappa shape index (κ2) is 4.53. The van der Waals surface area contributed by atoms with Gasteiger partial charge in [0.1, 0.15) is 11.6 Å². The molecule has 1 saturated heterocycles. The number of rotatable bonds is 4. The molecule has 3 rings (SSSR count). The summed E-state index contributed by atoms with van der Waals surface area (Å²) >= 11 is 0. The Labute approximate surface area is 102 Å². The maximum atomic E-state index is 5.16. The van der Waals surface area contributed by atoms with E-state index in [0.717, 1.165) is 24.7 Å². The summed E-state index contributed by atoms with van der Waals surface area (Å²) in [5.74, 6) is 1.93. The first kappa shape index (κ1) is 10.8. The summed E-state index contributed by atoms with van der Waals surface area (Å²) in [5.41, 5.74) is 0. The molecule has 4 heteroatoms. The molecule has 1 atom stereocenters. The minimum absolute atomic E-state index is 0.614. The largest absolute Gasteiger partial charge is 0.495 e. The molecular weight excluding hydrogens is 214 g/mol. The van der Waals surface area contributed by atoms with E-state index in [1.54, 1.807) is 7.11 Å². The van der Waals surface area contributed by atoms with Crippen molar-refractivity contribution in [2.24, 2.45) is 0 Å². The first-order valence-electron chi connectivity index (χ1n) is 6.37. The monoisotopic (exact) mass is 233 g/mol. The highest BCUT2D eigenvalue weighted by atomic mass is 16.5. The Morgan fingerprint density at radius 1 is 1.29 bits per heavy atom. The zero-order chi connectivity index (χ0) is 11.7. The lowest BCUT2D eigenvalue weighted by molar-refractivity contribution is 0.412. The van der Waals surface area contributed by atoms with E-state index in [1.807, 2.05) is 12.3 Å². The number of anilines is 1. The van der Waals surface area contributed by atoms with Crippen LogP contribution in [-0.4, -0.2) is 37.3 Å². The van der Waals surface area contributed by atoms with Crippen molar-refractivity contribution in [3.63, 3.8) is 0 Å². The molecule has 1 aliphatic carbocycles. The van der Waals surface area contributed by atoms with Crippen LogP contribution < -0.4 is 15.0 Å². The van der Waals surface area contributed by atoms with Crippen LogP contribution in [0.5, 0.6) is 5.75 Å². The van der Waals surface area contributed by atoms with Crippen molar-refractivity contribution in [2.45, 2.75) is 31.3 Å². The van der Waals surface area contributed by atoms with Crippen molar-refractivity contribution >= 4 is 5.82 Å². The summed E-state index contributed by atoms with van der Waals surface area (Å²) in [6.07, 6.45) is 5.66. The fraction of sp³-hybridized carbons (Fsp3) is 0.615. The smallest absolute Gasteiger partial charge is 0.137 e. The van der Waals surface area contributed by atoms with Crippen molar-refractivity contribution in [3.05, 3.63) is 18.3 Å². The summed E-state index contributed by atoms with van der Waals surface area (Å²) in [4.78, 5) is 7.03. The van der Waals surface area contributed by atoms with E-state index in [0.29, 0.717) is 12.1 Å². The first-order valence-corrected chi connectivity index (χ1v) is 6.37.